The van der Waals surface area contributed by atoms with Gasteiger partial charge in [0, 0.05) is 77.0 Å². The summed E-state index contributed by atoms with van der Waals surface area (Å²) < 4.78 is 0. The lowest BCUT2D eigenvalue weighted by Crippen LogP contribution is -2.37. The number of carbonyl (C=O) groups excluding carboxylic acids is 5. The van der Waals surface area contributed by atoms with E-state index in [2.05, 4.69) is 45.3 Å². The molecule has 0 aliphatic carbocycles. The van der Waals surface area contributed by atoms with Crippen LogP contribution in [0.25, 0.3) is 0 Å². The molecule has 0 saturated carbocycles. The minimum absolute atomic E-state index is 0.0550. The van der Waals surface area contributed by atoms with E-state index in [1.165, 1.54) is 19.8 Å². The van der Waals surface area contributed by atoms with Crippen LogP contribution >= 0.6 is 0 Å². The third kappa shape index (κ3) is 24.6. The molecule has 0 bridgehead atoms. The first-order valence-electron chi connectivity index (χ1n) is 17.9. The van der Waals surface area contributed by atoms with E-state index >= 15 is 0 Å². The number of hydrogen-bond acceptors (Lipinski definition) is 5. The number of carbonyl (C=O) groups is 5. The van der Waals surface area contributed by atoms with Gasteiger partial charge in [0.05, 0.1) is 0 Å². The van der Waals surface area contributed by atoms with Crippen molar-refractivity contribution in [2.45, 2.75) is 184 Å². The van der Waals surface area contributed by atoms with Crippen LogP contribution in [0.4, 0.5) is 0 Å². The van der Waals surface area contributed by atoms with Gasteiger partial charge in [-0.1, -0.05) is 41.0 Å². The Hall–Kier alpha value is -2.65. The van der Waals surface area contributed by atoms with E-state index in [9.17, 15) is 24.0 Å². The molecule has 0 aromatic carbocycles. The minimum atomic E-state index is 0.0550. The molecule has 10 nitrogen and oxygen atoms in total. The fourth-order valence-corrected chi connectivity index (χ4v) is 4.31. The lowest BCUT2D eigenvalue weighted by Gasteiger charge is -2.26. The van der Waals surface area contributed by atoms with Gasteiger partial charge >= 0.3 is 0 Å². The van der Waals surface area contributed by atoms with Gasteiger partial charge in [0.15, 0.2) is 0 Å². The molecule has 5 atom stereocenters. The van der Waals surface area contributed by atoms with E-state index in [1.54, 1.807) is 11.8 Å². The van der Waals surface area contributed by atoms with Gasteiger partial charge in [-0.2, -0.15) is 0 Å². The second-order valence-electron chi connectivity index (χ2n) is 12.6. The van der Waals surface area contributed by atoms with Crippen molar-refractivity contribution in [1.29, 1.82) is 0 Å². The number of rotatable bonds is 11. The Kier molecular flexibility index (Phi) is 30.9. The number of likely N-dealkylation sites (tertiary alicyclic amines) is 2. The fraction of sp³-hybridized carbons (Fsp3) is 0.861. The Morgan fingerprint density at radius 3 is 1.46 bits per heavy atom. The molecule has 2 saturated heterocycles. The Morgan fingerprint density at radius 2 is 1.17 bits per heavy atom. The Balaban J connectivity index is -0.000000510. The summed E-state index contributed by atoms with van der Waals surface area (Å²) in [6, 6.07) is 1.93. The second-order valence-corrected chi connectivity index (χ2v) is 12.6. The summed E-state index contributed by atoms with van der Waals surface area (Å²) in [7, 11) is 1.83. The molecule has 272 valence electrons. The molecule has 0 spiro atoms. The standard InChI is InChI=1S/C10H19NO.C8H15NO.C7H15NO.C6H13NO.C5H11NO/c1-3-9(2)11-8-6-4-5-7-10(11)12;1-3-7(2)9-6-4-5-8(9)10;1-5-6(2)8(4)7(3)9;1-4-5(2)7-6(3)8;1-3-5(2)6-4-7/h9H,3-8H2,1-2H3;7H,3-6H2,1-2H3;6H,5H2,1-4H3;5H,4H2,1-3H3,(H,7,8);4-5H,3H2,1-2H3,(H,6,7). The van der Waals surface area contributed by atoms with Gasteiger partial charge in [0.2, 0.25) is 30.0 Å². The van der Waals surface area contributed by atoms with Gasteiger partial charge in [-0.25, -0.2) is 0 Å². The highest BCUT2D eigenvalue weighted by Gasteiger charge is 2.23. The predicted octanol–water partition coefficient (Wildman–Crippen LogP) is 6.31. The molecule has 2 rings (SSSR count). The smallest absolute Gasteiger partial charge is 0.222 e. The normalized spacial score (nSPS) is 17.2. The predicted molar refractivity (Wildman–Crippen MR) is 191 cm³/mol. The van der Waals surface area contributed by atoms with Crippen LogP contribution in [0.5, 0.6) is 0 Å². The highest BCUT2D eigenvalue weighted by Crippen LogP contribution is 2.15. The van der Waals surface area contributed by atoms with Crippen molar-refractivity contribution in [3.8, 4) is 0 Å². The molecule has 46 heavy (non-hydrogen) atoms. The lowest BCUT2D eigenvalue weighted by molar-refractivity contribution is -0.133. The van der Waals surface area contributed by atoms with E-state index in [-0.39, 0.29) is 11.8 Å². The van der Waals surface area contributed by atoms with Gasteiger partial charge in [0.25, 0.3) is 0 Å². The average molecular weight is 656 g/mol. The number of hydrogen-bond donors (Lipinski definition) is 2. The van der Waals surface area contributed by atoms with Crippen LogP contribution in [0.15, 0.2) is 0 Å². The summed E-state index contributed by atoms with van der Waals surface area (Å²) in [5.74, 6) is 0.903. The molecule has 2 aliphatic rings. The Labute approximate surface area is 283 Å². The van der Waals surface area contributed by atoms with E-state index in [0.717, 1.165) is 77.3 Å². The van der Waals surface area contributed by atoms with E-state index < -0.39 is 0 Å². The first-order chi connectivity index (χ1) is 21.6. The van der Waals surface area contributed by atoms with Crippen LogP contribution in [0.1, 0.15) is 154 Å². The maximum absolute atomic E-state index is 11.5. The summed E-state index contributed by atoms with van der Waals surface area (Å²) in [6.45, 7) is 25.7. The summed E-state index contributed by atoms with van der Waals surface area (Å²) >= 11 is 0. The molecule has 2 fully saturated rings. The average Bonchev–Trinajstić information content (AvgIpc) is 3.35. The fourth-order valence-electron chi connectivity index (χ4n) is 4.31. The van der Waals surface area contributed by atoms with Crippen LogP contribution in [-0.4, -0.2) is 95.1 Å². The largest absolute Gasteiger partial charge is 0.356 e. The molecule has 10 heteroatoms. The maximum Gasteiger partial charge on any atom is 0.222 e. The molecule has 2 N–H and O–H groups in total. The molecule has 0 aromatic rings. The number of nitrogens with zero attached hydrogens (tertiary/aromatic N) is 3. The maximum atomic E-state index is 11.5. The van der Waals surface area contributed by atoms with Crippen LogP contribution in [0.2, 0.25) is 0 Å². The Bertz CT molecular complexity index is 825. The van der Waals surface area contributed by atoms with Crippen molar-refractivity contribution in [3.63, 3.8) is 0 Å². The molecule has 0 aromatic heterocycles. The third-order valence-electron chi connectivity index (χ3n) is 8.74. The summed E-state index contributed by atoms with van der Waals surface area (Å²) in [5.41, 5.74) is 0. The quantitative estimate of drug-likeness (QED) is 0.253. The number of nitrogens with one attached hydrogen (secondary N) is 2. The molecular weight excluding hydrogens is 582 g/mol. The van der Waals surface area contributed by atoms with E-state index in [1.807, 2.05) is 51.5 Å². The molecular formula is C36H73N5O5. The molecule has 5 unspecified atom stereocenters. The highest BCUT2D eigenvalue weighted by atomic mass is 16.2. The first-order valence-corrected chi connectivity index (χ1v) is 17.9. The summed E-state index contributed by atoms with van der Waals surface area (Å²) in [4.78, 5) is 59.1. The molecule has 2 aliphatic heterocycles. The topological polar surface area (TPSA) is 119 Å². The third-order valence-corrected chi connectivity index (χ3v) is 8.74. The monoisotopic (exact) mass is 656 g/mol. The van der Waals surface area contributed by atoms with Gasteiger partial charge in [-0.05, 0) is 86.0 Å². The first kappa shape index (κ1) is 47.8. The van der Waals surface area contributed by atoms with Crippen LogP contribution in [0, 0.1) is 0 Å². The van der Waals surface area contributed by atoms with Crippen LogP contribution < -0.4 is 10.6 Å². The van der Waals surface area contributed by atoms with Crippen molar-refractivity contribution in [2.24, 2.45) is 0 Å². The SMILES string of the molecule is CCC(C)N(C)C(C)=O.CCC(C)N1CCCC1=O.CCC(C)N1CCCCCC1=O.CCC(C)NC(C)=O.CCC(C)NC=O. The van der Waals surface area contributed by atoms with E-state index in [0.29, 0.717) is 42.0 Å². The second kappa shape index (κ2) is 29.7. The lowest BCUT2D eigenvalue weighted by atomic mass is 10.2. The van der Waals surface area contributed by atoms with Crippen molar-refractivity contribution in [3.05, 3.63) is 0 Å². The zero-order valence-electron chi connectivity index (χ0n) is 32.0. The van der Waals surface area contributed by atoms with Gasteiger partial charge in [0.1, 0.15) is 0 Å². The van der Waals surface area contributed by atoms with Gasteiger partial charge < -0.3 is 25.3 Å². The Morgan fingerprint density at radius 1 is 0.717 bits per heavy atom. The summed E-state index contributed by atoms with van der Waals surface area (Å²) in [5, 5.41) is 5.37. The highest BCUT2D eigenvalue weighted by molar-refractivity contribution is 5.78. The van der Waals surface area contributed by atoms with Crippen molar-refractivity contribution in [2.75, 3.05) is 20.1 Å². The molecule has 0 radical (unpaired) electrons. The van der Waals surface area contributed by atoms with Crippen molar-refractivity contribution < 1.29 is 24.0 Å². The van der Waals surface area contributed by atoms with E-state index in [4.69, 9.17) is 0 Å². The number of amides is 5. The van der Waals surface area contributed by atoms with Crippen molar-refractivity contribution >= 4 is 30.0 Å². The van der Waals surface area contributed by atoms with Crippen LogP contribution in [-0.2, 0) is 24.0 Å². The molecule has 2 heterocycles. The zero-order valence-corrected chi connectivity index (χ0v) is 32.0. The van der Waals surface area contributed by atoms with Crippen molar-refractivity contribution in [1.82, 2.24) is 25.3 Å². The minimum Gasteiger partial charge on any atom is -0.356 e. The van der Waals surface area contributed by atoms with Gasteiger partial charge in [-0.3, -0.25) is 24.0 Å². The molecule has 5 amide bonds. The zero-order chi connectivity index (χ0) is 36.2. The summed E-state index contributed by atoms with van der Waals surface area (Å²) in [6.07, 6.45) is 12.0. The van der Waals surface area contributed by atoms with Crippen LogP contribution in [0.3, 0.4) is 0 Å². The van der Waals surface area contributed by atoms with Gasteiger partial charge in [-0.15, -0.1) is 0 Å².